The first-order valence-corrected chi connectivity index (χ1v) is 25.8. The van der Waals surface area contributed by atoms with Crippen LogP contribution in [0.15, 0.2) is 147 Å². The van der Waals surface area contributed by atoms with Crippen molar-refractivity contribution < 1.29 is 4.74 Å². The third-order valence-electron chi connectivity index (χ3n) is 10.8. The second kappa shape index (κ2) is 47.4. The summed E-state index contributed by atoms with van der Waals surface area (Å²) in [4.78, 5) is 9.28. The number of benzene rings is 2. The topological polar surface area (TPSA) is 155 Å². The van der Waals surface area contributed by atoms with Crippen LogP contribution in [0.5, 0.6) is 0 Å². The summed E-state index contributed by atoms with van der Waals surface area (Å²) in [6.45, 7) is 12.9. The van der Waals surface area contributed by atoms with E-state index in [2.05, 4.69) is 116 Å². The van der Waals surface area contributed by atoms with E-state index in [1.165, 1.54) is 76.7 Å². The largest absolute Gasteiger partial charge is 0.393 e. The van der Waals surface area contributed by atoms with Crippen molar-refractivity contribution in [3.63, 3.8) is 0 Å². The molecule has 2 aromatic rings. The lowest BCUT2D eigenvalue weighted by Gasteiger charge is -2.31. The number of likely N-dealkylation sites (tertiary alicyclic amines) is 1. The van der Waals surface area contributed by atoms with Crippen molar-refractivity contribution in [2.45, 2.75) is 57.5 Å². The van der Waals surface area contributed by atoms with Crippen LogP contribution in [0.1, 0.15) is 50.5 Å². The van der Waals surface area contributed by atoms with Crippen LogP contribution in [-0.4, -0.2) is 154 Å². The van der Waals surface area contributed by atoms with Gasteiger partial charge >= 0.3 is 0 Å². The zero-order valence-corrected chi connectivity index (χ0v) is 45.1. The van der Waals surface area contributed by atoms with Gasteiger partial charge in [-0.15, -0.1) is 0 Å². The summed E-state index contributed by atoms with van der Waals surface area (Å²) in [6.07, 6.45) is 37.0. The molecule has 16 heteroatoms. The molecule has 2 aromatic carbocycles. The van der Waals surface area contributed by atoms with Gasteiger partial charge in [-0.1, -0.05) is 48.5 Å². The summed E-state index contributed by atoms with van der Waals surface area (Å²) in [5.74, 6) is 0.964. The Hall–Kier alpha value is -6.26. The van der Waals surface area contributed by atoms with Crippen molar-refractivity contribution in [1.82, 2.24) is 72.8 Å². The van der Waals surface area contributed by atoms with Crippen molar-refractivity contribution >= 4 is 5.69 Å². The Labute approximate surface area is 432 Å². The molecule has 5 fully saturated rings. The number of ether oxygens (including phenoxy) is 1. The number of anilines is 1. The van der Waals surface area contributed by atoms with Gasteiger partial charge in [-0.2, -0.15) is 0 Å². The number of hydrogen-bond donors (Lipinski definition) is 11. The fraction of sp³-hybridized carbons (Fsp3) is 0.527. The maximum absolute atomic E-state index is 5.18. The number of rotatable bonds is 20. The molecule has 3 heterocycles. The summed E-state index contributed by atoms with van der Waals surface area (Å²) < 4.78 is 5.18. The molecule has 0 aromatic heterocycles. The highest BCUT2D eigenvalue weighted by molar-refractivity contribution is 5.44. The molecule has 0 radical (unpaired) electrons. The Bertz CT molecular complexity index is 1600. The molecule has 16 nitrogen and oxygen atoms in total. The van der Waals surface area contributed by atoms with Gasteiger partial charge in [0.15, 0.2) is 0 Å². The average Bonchev–Trinajstić information content (AvgIpc) is 4.38. The molecular formula is C55H99N15O. The Morgan fingerprint density at radius 3 is 1.44 bits per heavy atom. The second-order valence-electron chi connectivity index (χ2n) is 17.1. The maximum atomic E-state index is 5.18. The molecule has 11 N–H and O–H groups in total. The van der Waals surface area contributed by atoms with Gasteiger partial charge in [-0.05, 0) is 75.6 Å². The van der Waals surface area contributed by atoms with E-state index in [9.17, 15) is 0 Å². The number of hydrogen-bond acceptors (Lipinski definition) is 16. The fourth-order valence-electron chi connectivity index (χ4n) is 6.19. The minimum atomic E-state index is 0.777. The standard InChI is InChI=1S/C10H14N2.C9H12N2.C8H17N3.C8H16N2.C7H14N2O.C7H14N2.C6H12N2/c1-11-7-8-12-9-10-5-3-2-4-6-10;1-10-7-8-11-9-5-3-2-4-6-9;1-9-3-4-11-7-5-10(2)6-8-11;1-9-5-8-10-6-3-2-4-7-10;1-8-2-3-9-4-6-10-7-5-9;1-8-4-5-9-6-7-2-3-7;1-7-4-5-8-6-2-3-6/h2-8,11-12H,9H2,1H3;2-8,10-11H,1H3;3-4,9H,5-8H2,1-2H3;5,8-9H,2-4,6-7H2,1H3;2-3,8H,4-7H2,1H3;4-5,7-9H,2-3,6H2,1H3;4-8H,2-3H2,1H3. The first-order valence-electron chi connectivity index (χ1n) is 25.8. The van der Waals surface area contributed by atoms with E-state index in [0.29, 0.717) is 0 Å². The molecule has 0 spiro atoms. The first-order chi connectivity index (χ1) is 34.9. The number of nitrogens with one attached hydrogen (secondary N) is 11. The molecule has 2 aliphatic carbocycles. The van der Waals surface area contributed by atoms with E-state index >= 15 is 0 Å². The Morgan fingerprint density at radius 1 is 0.465 bits per heavy atom. The summed E-state index contributed by atoms with van der Waals surface area (Å²) >= 11 is 0. The highest BCUT2D eigenvalue weighted by Gasteiger charge is 2.19. The second-order valence-corrected chi connectivity index (χ2v) is 17.1. The van der Waals surface area contributed by atoms with Crippen LogP contribution in [0.4, 0.5) is 5.69 Å². The predicted octanol–water partition coefficient (Wildman–Crippen LogP) is 5.46. The van der Waals surface area contributed by atoms with Crippen molar-refractivity contribution in [2.75, 3.05) is 134 Å². The zero-order valence-electron chi connectivity index (χ0n) is 45.1. The molecule has 0 amide bonds. The van der Waals surface area contributed by atoms with Crippen LogP contribution >= 0.6 is 0 Å². The number of piperidine rings is 1. The van der Waals surface area contributed by atoms with E-state index in [1.54, 1.807) is 0 Å². The SMILES string of the molecule is CNC=CN1CCCCC1.CNC=CN1CCN(C)CC1.CNC=CN1CCOCC1.CNC=CNC1CC1.CNC=CNCC1CC1.CNC=CNCc1ccccc1.CNC=CNc1ccccc1. The Kier molecular flexibility index (Phi) is 41.9. The van der Waals surface area contributed by atoms with Crippen LogP contribution in [0.2, 0.25) is 0 Å². The van der Waals surface area contributed by atoms with Crippen molar-refractivity contribution in [3.05, 3.63) is 153 Å². The number of para-hydroxylation sites is 1. The quantitative estimate of drug-likeness (QED) is 0.0814. The van der Waals surface area contributed by atoms with E-state index in [-0.39, 0.29) is 0 Å². The lowest BCUT2D eigenvalue weighted by Crippen LogP contribution is -2.41. The van der Waals surface area contributed by atoms with Gasteiger partial charge in [0.25, 0.3) is 0 Å². The first kappa shape index (κ1) is 62.8. The normalized spacial score (nSPS) is 16.6. The zero-order chi connectivity index (χ0) is 51.5. The predicted molar refractivity (Wildman–Crippen MR) is 305 cm³/mol. The highest BCUT2D eigenvalue weighted by Crippen LogP contribution is 2.27. The minimum Gasteiger partial charge on any atom is -0.393 e. The molecule has 0 unspecified atom stereocenters. The summed E-state index contributed by atoms with van der Waals surface area (Å²) in [5.41, 5.74) is 2.39. The number of likely N-dealkylation sites (N-methyl/N-ethyl adjacent to an activating group) is 1. The highest BCUT2D eigenvalue weighted by atomic mass is 16.5. The Balaban J connectivity index is 0.000000415. The van der Waals surface area contributed by atoms with Crippen LogP contribution in [-0.2, 0) is 11.3 Å². The van der Waals surface area contributed by atoms with Gasteiger partial charge in [0, 0.05) is 213 Å². The van der Waals surface area contributed by atoms with Crippen LogP contribution in [0.3, 0.4) is 0 Å². The number of morpholine rings is 1. The monoisotopic (exact) mass is 986 g/mol. The van der Waals surface area contributed by atoms with Crippen molar-refractivity contribution in [2.24, 2.45) is 5.92 Å². The van der Waals surface area contributed by atoms with Gasteiger partial charge in [0.2, 0.25) is 0 Å². The van der Waals surface area contributed by atoms with Gasteiger partial charge in [-0.25, -0.2) is 0 Å². The minimum absolute atomic E-state index is 0.777. The van der Waals surface area contributed by atoms with Crippen LogP contribution < -0.4 is 58.5 Å². The molecular weight excluding hydrogens is 887 g/mol. The molecule has 400 valence electrons. The van der Waals surface area contributed by atoms with Crippen LogP contribution in [0.25, 0.3) is 0 Å². The summed E-state index contributed by atoms with van der Waals surface area (Å²) in [7, 11) is 15.5. The molecule has 3 aliphatic heterocycles. The molecule has 7 rings (SSSR count). The van der Waals surface area contributed by atoms with Crippen LogP contribution in [0, 0.1) is 5.92 Å². The molecule has 3 saturated heterocycles. The van der Waals surface area contributed by atoms with Crippen molar-refractivity contribution in [1.29, 1.82) is 0 Å². The van der Waals surface area contributed by atoms with E-state index < -0.39 is 0 Å². The lowest BCUT2D eigenvalue weighted by molar-refractivity contribution is 0.0592. The van der Waals surface area contributed by atoms with E-state index in [1.807, 2.05) is 166 Å². The molecule has 0 atom stereocenters. The van der Waals surface area contributed by atoms with Gasteiger partial charge in [0.1, 0.15) is 0 Å². The van der Waals surface area contributed by atoms with Gasteiger partial charge in [0.05, 0.1) is 13.2 Å². The molecule has 0 bridgehead atoms. The number of piperazine rings is 1. The molecule has 5 aliphatic rings. The maximum Gasteiger partial charge on any atom is 0.0642 e. The smallest absolute Gasteiger partial charge is 0.0642 e. The van der Waals surface area contributed by atoms with E-state index in [0.717, 1.165) is 70.1 Å². The third-order valence-corrected chi connectivity index (χ3v) is 10.8. The van der Waals surface area contributed by atoms with Gasteiger partial charge in [-0.3, -0.25) is 0 Å². The van der Waals surface area contributed by atoms with Crippen molar-refractivity contribution in [3.8, 4) is 0 Å². The lowest BCUT2D eigenvalue weighted by atomic mass is 10.1. The fourth-order valence-corrected chi connectivity index (χ4v) is 6.19. The third kappa shape index (κ3) is 42.4. The summed E-state index contributed by atoms with van der Waals surface area (Å²) in [5, 5.41) is 33.2. The molecule has 71 heavy (non-hydrogen) atoms. The molecule has 2 saturated carbocycles. The summed E-state index contributed by atoms with van der Waals surface area (Å²) in [6, 6.07) is 21.1. The average molecular weight is 987 g/mol. The Morgan fingerprint density at radius 2 is 0.930 bits per heavy atom. The van der Waals surface area contributed by atoms with E-state index in [4.69, 9.17) is 4.74 Å². The van der Waals surface area contributed by atoms with Gasteiger partial charge < -0.3 is 82.8 Å². The number of nitrogens with zero attached hydrogens (tertiary/aromatic N) is 4.